The Morgan fingerprint density at radius 3 is 1.91 bits per heavy atom. The van der Waals surface area contributed by atoms with Gasteiger partial charge >= 0.3 is 0 Å². The molecule has 0 spiro atoms. The van der Waals surface area contributed by atoms with Crippen LogP contribution in [0.4, 0.5) is 39.8 Å². The predicted octanol–water partition coefficient (Wildman–Crippen LogP) is 4.08. The van der Waals surface area contributed by atoms with Gasteiger partial charge in [0.15, 0.2) is 0 Å². The van der Waals surface area contributed by atoms with E-state index in [-0.39, 0.29) is 13.2 Å². The molecule has 1 aliphatic rings. The van der Waals surface area contributed by atoms with Gasteiger partial charge < -0.3 is 35.0 Å². The highest BCUT2D eigenvalue weighted by molar-refractivity contribution is 5.98. The summed E-state index contributed by atoms with van der Waals surface area (Å²) in [5, 5.41) is 22.5. The van der Waals surface area contributed by atoms with E-state index >= 15 is 0 Å². The Bertz CT molecular complexity index is 1060. The largest absolute Gasteiger partial charge is 0.497 e. The molecule has 3 aromatic carbocycles. The fourth-order valence-corrected chi connectivity index (χ4v) is 3.99. The molecular weight excluding hydrogens is 404 g/mol. The Labute approximate surface area is 189 Å². The first kappa shape index (κ1) is 21.8. The zero-order chi connectivity index (χ0) is 22.7. The van der Waals surface area contributed by atoms with Crippen molar-refractivity contribution in [3.8, 4) is 5.75 Å². The van der Waals surface area contributed by atoms with Crippen LogP contribution in [0.2, 0.25) is 0 Å². The van der Waals surface area contributed by atoms with Crippen molar-refractivity contribution in [1.29, 1.82) is 0 Å². The van der Waals surface area contributed by atoms with E-state index in [2.05, 4.69) is 39.4 Å². The summed E-state index contributed by atoms with van der Waals surface area (Å²) in [6.45, 7) is 0.951. The molecule has 0 saturated heterocycles. The minimum atomic E-state index is 0.0204. The number of fused-ring (bicyclic) bond motifs is 2. The SMILES string of the molecule is COc1ccc(N2c3cc(N(C)C)ccc3Nc3ccc(N(CCO)CCO)cc32)cc1. The van der Waals surface area contributed by atoms with Crippen LogP contribution in [0.3, 0.4) is 0 Å². The second-order valence-corrected chi connectivity index (χ2v) is 7.89. The molecule has 0 unspecified atom stereocenters. The summed E-state index contributed by atoms with van der Waals surface area (Å²) in [5.41, 5.74) is 7.11. The van der Waals surface area contributed by atoms with Crippen LogP contribution in [0.1, 0.15) is 0 Å². The van der Waals surface area contributed by atoms with Crippen molar-refractivity contribution in [3.05, 3.63) is 60.7 Å². The Morgan fingerprint density at radius 1 is 0.812 bits per heavy atom. The summed E-state index contributed by atoms with van der Waals surface area (Å²) < 4.78 is 5.36. The second kappa shape index (κ2) is 9.38. The van der Waals surface area contributed by atoms with E-state index in [0.29, 0.717) is 13.1 Å². The molecule has 0 radical (unpaired) electrons. The number of rotatable bonds is 8. The Hall–Kier alpha value is -3.42. The van der Waals surface area contributed by atoms with Gasteiger partial charge in [-0.1, -0.05) is 0 Å². The van der Waals surface area contributed by atoms with Gasteiger partial charge in [0.25, 0.3) is 0 Å². The van der Waals surface area contributed by atoms with Crippen molar-refractivity contribution in [2.45, 2.75) is 0 Å². The molecule has 7 heteroatoms. The smallest absolute Gasteiger partial charge is 0.119 e. The first-order chi connectivity index (χ1) is 15.5. The van der Waals surface area contributed by atoms with E-state index in [0.717, 1.165) is 45.6 Å². The highest BCUT2D eigenvalue weighted by atomic mass is 16.5. The molecule has 168 valence electrons. The fourth-order valence-electron chi connectivity index (χ4n) is 3.99. The Kier molecular flexibility index (Phi) is 6.39. The van der Waals surface area contributed by atoms with Crippen molar-refractivity contribution in [2.24, 2.45) is 0 Å². The van der Waals surface area contributed by atoms with Crippen LogP contribution in [0.15, 0.2) is 60.7 Å². The van der Waals surface area contributed by atoms with Gasteiger partial charge in [-0.05, 0) is 60.7 Å². The lowest BCUT2D eigenvalue weighted by atomic mass is 10.1. The maximum Gasteiger partial charge on any atom is 0.119 e. The number of nitrogens with one attached hydrogen (secondary N) is 1. The number of hydrogen-bond acceptors (Lipinski definition) is 7. The first-order valence-corrected chi connectivity index (χ1v) is 10.7. The van der Waals surface area contributed by atoms with Gasteiger partial charge in [0.2, 0.25) is 0 Å². The number of methoxy groups -OCH3 is 1. The second-order valence-electron chi connectivity index (χ2n) is 7.89. The summed E-state index contributed by atoms with van der Waals surface area (Å²) in [7, 11) is 5.73. The van der Waals surface area contributed by atoms with Gasteiger partial charge in [0, 0.05) is 44.2 Å². The van der Waals surface area contributed by atoms with Crippen molar-refractivity contribution >= 4 is 39.8 Å². The van der Waals surface area contributed by atoms with Crippen molar-refractivity contribution in [3.63, 3.8) is 0 Å². The molecule has 0 saturated carbocycles. The molecule has 0 bridgehead atoms. The van der Waals surface area contributed by atoms with Crippen LogP contribution < -0.4 is 24.8 Å². The third-order valence-electron chi connectivity index (χ3n) is 5.67. The number of benzene rings is 3. The first-order valence-electron chi connectivity index (χ1n) is 10.7. The van der Waals surface area contributed by atoms with Crippen molar-refractivity contribution < 1.29 is 14.9 Å². The molecule has 7 nitrogen and oxygen atoms in total. The van der Waals surface area contributed by atoms with Gasteiger partial charge in [-0.25, -0.2) is 0 Å². The Balaban J connectivity index is 1.86. The molecule has 0 fully saturated rings. The minimum absolute atomic E-state index is 0.0204. The van der Waals surface area contributed by atoms with E-state index in [4.69, 9.17) is 4.74 Å². The lowest BCUT2D eigenvalue weighted by molar-refractivity contribution is 0.281. The van der Waals surface area contributed by atoms with Gasteiger partial charge in [-0.2, -0.15) is 0 Å². The third-order valence-corrected chi connectivity index (χ3v) is 5.67. The van der Waals surface area contributed by atoms with Crippen LogP contribution in [-0.2, 0) is 0 Å². The predicted molar refractivity (Wildman–Crippen MR) is 132 cm³/mol. The molecule has 0 atom stereocenters. The molecule has 1 heterocycles. The maximum absolute atomic E-state index is 9.49. The fraction of sp³-hybridized carbons (Fsp3) is 0.280. The van der Waals surface area contributed by atoms with E-state index in [1.807, 2.05) is 55.4 Å². The number of aliphatic hydroxyl groups excluding tert-OH is 2. The number of anilines is 7. The van der Waals surface area contributed by atoms with Crippen LogP contribution in [-0.4, -0.2) is 57.7 Å². The van der Waals surface area contributed by atoms with Crippen LogP contribution in [0, 0.1) is 0 Å². The van der Waals surface area contributed by atoms with Gasteiger partial charge in [0.05, 0.1) is 43.1 Å². The maximum atomic E-state index is 9.49. The highest BCUT2D eigenvalue weighted by Gasteiger charge is 2.26. The van der Waals surface area contributed by atoms with Gasteiger partial charge in [-0.3, -0.25) is 0 Å². The lowest BCUT2D eigenvalue weighted by Crippen LogP contribution is -2.30. The molecule has 3 aromatic rings. The standard InChI is InChI=1S/C25H30N4O3/c1-27(2)19-6-10-22-24(16-19)29(18-4-8-21(32-3)9-5-18)25-17-20(7-11-23(25)26-22)28(12-14-30)13-15-31/h4-11,16-17,26,30-31H,12-15H2,1-3H3. The quantitative estimate of drug-likeness (QED) is 0.386. The third kappa shape index (κ3) is 4.17. The summed E-state index contributed by atoms with van der Waals surface area (Å²) in [4.78, 5) is 6.30. The van der Waals surface area contributed by atoms with E-state index < -0.39 is 0 Å². The van der Waals surface area contributed by atoms with Crippen LogP contribution >= 0.6 is 0 Å². The summed E-state index contributed by atoms with van der Waals surface area (Å²) >= 11 is 0. The zero-order valence-corrected chi connectivity index (χ0v) is 18.7. The molecule has 0 amide bonds. The van der Waals surface area contributed by atoms with Gasteiger partial charge in [-0.15, -0.1) is 0 Å². The molecule has 4 rings (SSSR count). The van der Waals surface area contributed by atoms with Crippen LogP contribution in [0.5, 0.6) is 5.75 Å². The topological polar surface area (TPSA) is 71.4 Å². The van der Waals surface area contributed by atoms with Gasteiger partial charge in [0.1, 0.15) is 5.75 Å². The van der Waals surface area contributed by atoms with Crippen molar-refractivity contribution in [1.82, 2.24) is 0 Å². The normalized spacial score (nSPS) is 12.0. The van der Waals surface area contributed by atoms with E-state index in [1.165, 1.54) is 0 Å². The zero-order valence-electron chi connectivity index (χ0n) is 18.7. The number of aliphatic hydroxyl groups is 2. The molecule has 0 aliphatic carbocycles. The summed E-state index contributed by atoms with van der Waals surface area (Å²) in [6, 6.07) is 20.5. The van der Waals surface area contributed by atoms with E-state index in [9.17, 15) is 10.2 Å². The minimum Gasteiger partial charge on any atom is -0.497 e. The summed E-state index contributed by atoms with van der Waals surface area (Å²) in [5.74, 6) is 0.803. The average Bonchev–Trinajstić information content (AvgIpc) is 2.82. The van der Waals surface area contributed by atoms with Crippen LogP contribution in [0.25, 0.3) is 0 Å². The summed E-state index contributed by atoms with van der Waals surface area (Å²) in [6.07, 6.45) is 0. The molecule has 0 aromatic heterocycles. The number of nitrogens with zero attached hydrogens (tertiary/aromatic N) is 3. The highest BCUT2D eigenvalue weighted by Crippen LogP contribution is 2.50. The van der Waals surface area contributed by atoms with Crippen molar-refractivity contribution in [2.75, 3.05) is 67.5 Å². The molecule has 3 N–H and O–H groups in total. The lowest BCUT2D eigenvalue weighted by Gasteiger charge is -2.36. The molecule has 1 aliphatic heterocycles. The average molecular weight is 435 g/mol. The van der Waals surface area contributed by atoms with E-state index in [1.54, 1.807) is 7.11 Å². The number of ether oxygens (including phenoxy) is 1. The molecule has 32 heavy (non-hydrogen) atoms. The monoisotopic (exact) mass is 434 g/mol. The molecular formula is C25H30N4O3. The Morgan fingerprint density at radius 2 is 1.38 bits per heavy atom. The number of hydrogen-bond donors (Lipinski definition) is 3.